The number of hydrogen-bond donors (Lipinski definition) is 3. The highest BCUT2D eigenvalue weighted by molar-refractivity contribution is 7.47. The Balaban J connectivity index is 5.22. The minimum absolute atomic E-state index is 0.102. The molecule has 0 aromatic heterocycles. The van der Waals surface area contributed by atoms with Crippen molar-refractivity contribution in [3.8, 4) is 0 Å². The van der Waals surface area contributed by atoms with Gasteiger partial charge in [-0.2, -0.15) is 0 Å². The van der Waals surface area contributed by atoms with E-state index >= 15 is 0 Å². The molecule has 0 aromatic rings. The van der Waals surface area contributed by atoms with Gasteiger partial charge in [0.2, 0.25) is 0 Å². The molecule has 0 aromatic carbocycles. The third kappa shape index (κ3) is 63.9. The van der Waals surface area contributed by atoms with E-state index in [4.69, 9.17) is 37.0 Å². The maximum absolute atomic E-state index is 13.0. The first-order valence-corrected chi connectivity index (χ1v) is 40.3. The third-order valence-electron chi connectivity index (χ3n) is 17.3. The Bertz CT molecular complexity index is 1800. The number of aliphatic hydroxyl groups excluding tert-OH is 1. The Morgan fingerprint density at radius 1 is 0.308 bits per heavy atom. The topological polar surface area (TPSA) is 237 Å². The van der Waals surface area contributed by atoms with Crippen molar-refractivity contribution in [1.82, 2.24) is 0 Å². The van der Waals surface area contributed by atoms with Crippen LogP contribution in [0.5, 0.6) is 0 Å². The molecular weight excluding hydrogens is 1200 g/mol. The molecule has 0 fully saturated rings. The zero-order valence-electron chi connectivity index (χ0n) is 59.5. The molecule has 0 saturated carbocycles. The smallest absolute Gasteiger partial charge is 0.462 e. The van der Waals surface area contributed by atoms with Crippen LogP contribution in [0.2, 0.25) is 0 Å². The summed E-state index contributed by atoms with van der Waals surface area (Å²) in [4.78, 5) is 72.6. The van der Waals surface area contributed by atoms with Gasteiger partial charge in [0.15, 0.2) is 12.2 Å². The number of phosphoric ester groups is 2. The van der Waals surface area contributed by atoms with Crippen LogP contribution in [-0.4, -0.2) is 96.7 Å². The average molecular weight is 1340 g/mol. The van der Waals surface area contributed by atoms with Gasteiger partial charge in [0.05, 0.1) is 26.4 Å². The van der Waals surface area contributed by atoms with Crippen LogP contribution in [0.1, 0.15) is 357 Å². The SMILES string of the molecule is CCC(C)CCCCCCCCCCCCCCCCC(=O)OC[C@H](COP(=O)(O)OCC(O)COP(=O)(O)OC[C@@H](COC(=O)CCCCCCCCCC(C)C)OC(=O)CCCCCCCCC(C)CC)OC(=O)CCCCCCCCCCCCC(C)C. The molecule has 0 spiro atoms. The van der Waals surface area contributed by atoms with E-state index in [-0.39, 0.29) is 25.7 Å². The summed E-state index contributed by atoms with van der Waals surface area (Å²) in [6.45, 7) is 14.1. The molecule has 0 radical (unpaired) electrons. The largest absolute Gasteiger partial charge is 0.472 e. The number of esters is 4. The maximum Gasteiger partial charge on any atom is 0.472 e. The number of aliphatic hydroxyl groups is 1. The fourth-order valence-corrected chi connectivity index (χ4v) is 12.4. The van der Waals surface area contributed by atoms with Crippen molar-refractivity contribution in [2.75, 3.05) is 39.6 Å². The standard InChI is InChI=1S/C72H140O17P2/c1-9-64(7)50-42-34-26-20-15-13-11-12-14-16-21-27-36-44-52-69(74)82-58-67(88-71(76)54-46-38-28-22-18-17-19-24-32-40-48-62(3)4)60-86-90(78,79)84-56-66(73)57-85-91(80,81)87-61-68(89-72(77)55-47-39-31-30-35-43-51-65(8)10-2)59-83-70(75)53-45-37-29-23-25-33-41-49-63(5)6/h62-68,73H,9-61H2,1-8H3,(H,78,79)(H,80,81)/t64?,65?,66?,67-,68-/m1/s1. The van der Waals surface area contributed by atoms with Gasteiger partial charge in [0.25, 0.3) is 0 Å². The second-order valence-electron chi connectivity index (χ2n) is 27.4. The number of carbonyl (C=O) groups is 4. The van der Waals surface area contributed by atoms with E-state index in [1.165, 1.54) is 154 Å². The van der Waals surface area contributed by atoms with Crippen molar-refractivity contribution < 1.29 is 80.2 Å². The van der Waals surface area contributed by atoms with E-state index in [1.807, 2.05) is 0 Å². The van der Waals surface area contributed by atoms with Gasteiger partial charge in [-0.3, -0.25) is 37.3 Å². The quantitative estimate of drug-likeness (QED) is 0.0222. The number of unbranched alkanes of at least 4 members (excludes halogenated alkanes) is 33. The molecule has 0 aliphatic rings. The molecule has 5 unspecified atom stereocenters. The molecule has 0 bridgehead atoms. The molecule has 7 atom stereocenters. The monoisotopic (exact) mass is 1340 g/mol. The zero-order valence-corrected chi connectivity index (χ0v) is 61.3. The summed E-state index contributed by atoms with van der Waals surface area (Å²) in [6, 6.07) is 0. The zero-order chi connectivity index (χ0) is 67.5. The molecule has 0 aliphatic heterocycles. The second-order valence-corrected chi connectivity index (χ2v) is 30.3. The van der Waals surface area contributed by atoms with Gasteiger partial charge in [-0.25, -0.2) is 9.13 Å². The molecule has 0 rings (SSSR count). The highest BCUT2D eigenvalue weighted by Gasteiger charge is 2.30. The molecule has 0 aliphatic carbocycles. The molecule has 91 heavy (non-hydrogen) atoms. The van der Waals surface area contributed by atoms with Gasteiger partial charge in [-0.1, -0.05) is 306 Å². The Labute approximate surface area is 556 Å². The lowest BCUT2D eigenvalue weighted by Crippen LogP contribution is -2.30. The van der Waals surface area contributed by atoms with Crippen molar-refractivity contribution >= 4 is 39.5 Å². The Hall–Kier alpha value is -1.94. The lowest BCUT2D eigenvalue weighted by molar-refractivity contribution is -0.161. The normalized spacial score (nSPS) is 14.8. The molecule has 0 saturated heterocycles. The van der Waals surface area contributed by atoms with E-state index in [0.29, 0.717) is 31.6 Å². The minimum atomic E-state index is -4.95. The van der Waals surface area contributed by atoms with Crippen LogP contribution in [0, 0.1) is 23.7 Å². The van der Waals surface area contributed by atoms with E-state index in [2.05, 4.69) is 55.4 Å². The predicted molar refractivity (Wildman–Crippen MR) is 367 cm³/mol. The van der Waals surface area contributed by atoms with E-state index in [0.717, 1.165) is 114 Å². The van der Waals surface area contributed by atoms with Gasteiger partial charge < -0.3 is 33.8 Å². The first-order valence-electron chi connectivity index (χ1n) is 37.3. The van der Waals surface area contributed by atoms with Crippen LogP contribution in [-0.2, 0) is 65.4 Å². The summed E-state index contributed by atoms with van der Waals surface area (Å²) in [5.74, 6) is 0.897. The van der Waals surface area contributed by atoms with Gasteiger partial charge in [-0.15, -0.1) is 0 Å². The highest BCUT2D eigenvalue weighted by atomic mass is 31.2. The molecule has 0 heterocycles. The Kier molecular flexibility index (Phi) is 60.3. The fourth-order valence-electron chi connectivity index (χ4n) is 10.8. The summed E-state index contributed by atoms with van der Waals surface area (Å²) < 4.78 is 68.3. The van der Waals surface area contributed by atoms with Crippen LogP contribution >= 0.6 is 15.6 Å². The average Bonchev–Trinajstić information content (AvgIpc) is 3.38. The van der Waals surface area contributed by atoms with E-state index < -0.39 is 97.5 Å². The minimum Gasteiger partial charge on any atom is -0.462 e. The third-order valence-corrected chi connectivity index (χ3v) is 19.2. The lowest BCUT2D eigenvalue weighted by Gasteiger charge is -2.21. The highest BCUT2D eigenvalue weighted by Crippen LogP contribution is 2.45. The van der Waals surface area contributed by atoms with Gasteiger partial charge in [-0.05, 0) is 49.4 Å². The van der Waals surface area contributed by atoms with Crippen LogP contribution in [0.15, 0.2) is 0 Å². The maximum atomic E-state index is 13.0. The van der Waals surface area contributed by atoms with Crippen molar-refractivity contribution in [2.45, 2.75) is 375 Å². The summed E-state index contributed by atoms with van der Waals surface area (Å²) in [6.07, 6.45) is 44.5. The fraction of sp³-hybridized carbons (Fsp3) is 0.944. The van der Waals surface area contributed by atoms with Crippen molar-refractivity contribution in [3.05, 3.63) is 0 Å². The van der Waals surface area contributed by atoms with Crippen LogP contribution in [0.3, 0.4) is 0 Å². The molecule has 3 N–H and O–H groups in total. The second kappa shape index (κ2) is 61.6. The Morgan fingerprint density at radius 3 is 0.780 bits per heavy atom. The molecule has 19 heteroatoms. The molecule has 17 nitrogen and oxygen atoms in total. The van der Waals surface area contributed by atoms with Crippen molar-refractivity contribution in [1.29, 1.82) is 0 Å². The van der Waals surface area contributed by atoms with Crippen molar-refractivity contribution in [2.24, 2.45) is 23.7 Å². The number of hydrogen-bond acceptors (Lipinski definition) is 15. The van der Waals surface area contributed by atoms with Gasteiger partial charge in [0, 0.05) is 25.7 Å². The number of carbonyl (C=O) groups excluding carboxylic acids is 4. The van der Waals surface area contributed by atoms with Crippen LogP contribution < -0.4 is 0 Å². The van der Waals surface area contributed by atoms with Gasteiger partial charge >= 0.3 is 39.5 Å². The summed E-state index contributed by atoms with van der Waals surface area (Å²) in [5, 5.41) is 10.6. The van der Waals surface area contributed by atoms with Crippen molar-refractivity contribution in [3.63, 3.8) is 0 Å². The predicted octanol–water partition coefficient (Wildman–Crippen LogP) is 20.5. The van der Waals surface area contributed by atoms with E-state index in [1.54, 1.807) is 0 Å². The Morgan fingerprint density at radius 2 is 0.527 bits per heavy atom. The molecule has 540 valence electrons. The van der Waals surface area contributed by atoms with Crippen LogP contribution in [0.4, 0.5) is 0 Å². The summed E-state index contributed by atoms with van der Waals surface area (Å²) in [5.41, 5.74) is 0. The first-order chi connectivity index (χ1) is 43.7. The summed E-state index contributed by atoms with van der Waals surface area (Å²) in [7, 11) is -9.90. The first kappa shape index (κ1) is 89.1. The molecule has 0 amide bonds. The summed E-state index contributed by atoms with van der Waals surface area (Å²) >= 11 is 0. The number of rotatable bonds is 69. The van der Waals surface area contributed by atoms with Crippen LogP contribution in [0.25, 0.3) is 0 Å². The molecular formula is C72H140O17P2. The van der Waals surface area contributed by atoms with E-state index in [9.17, 15) is 43.2 Å². The number of ether oxygens (including phenoxy) is 4. The van der Waals surface area contributed by atoms with Gasteiger partial charge in [0.1, 0.15) is 19.3 Å². The lowest BCUT2D eigenvalue weighted by atomic mass is 9.99. The number of phosphoric acid groups is 2.